The molecule has 2 aromatic carbocycles. The molecular weight excluding hydrogens is 548 g/mol. The minimum Gasteiger partial charge on any atom is -0.492 e. The molecule has 4 aromatic rings. The number of halogens is 1. The highest BCUT2D eigenvalue weighted by molar-refractivity contribution is 6.32. The molecule has 0 atom stereocenters. The van der Waals surface area contributed by atoms with Crippen LogP contribution in [-0.4, -0.2) is 67.5 Å². The Kier molecular flexibility index (Phi) is 7.52. The van der Waals surface area contributed by atoms with E-state index in [1.54, 1.807) is 12.1 Å². The maximum absolute atomic E-state index is 12.6. The van der Waals surface area contributed by atoms with E-state index in [-0.39, 0.29) is 13.2 Å². The van der Waals surface area contributed by atoms with Crippen LogP contribution in [0.25, 0.3) is 33.7 Å². The quantitative estimate of drug-likeness (QED) is 0.256. The number of nitrogens with zero attached hydrogens (tertiary/aromatic N) is 4. The van der Waals surface area contributed by atoms with Crippen LogP contribution in [0.15, 0.2) is 53.2 Å². The van der Waals surface area contributed by atoms with Gasteiger partial charge in [-0.3, -0.25) is 4.90 Å². The van der Waals surface area contributed by atoms with Crippen LogP contribution in [-0.2, 0) is 16.0 Å². The molecule has 0 bridgehead atoms. The van der Waals surface area contributed by atoms with Gasteiger partial charge in [-0.25, -0.2) is 4.79 Å². The third kappa shape index (κ3) is 5.64. The molecule has 2 aromatic heterocycles. The minimum absolute atomic E-state index is 0.182. The smallest absolute Gasteiger partial charge is 0.408 e. The van der Waals surface area contributed by atoms with Crippen molar-refractivity contribution in [1.82, 2.24) is 19.6 Å². The van der Waals surface area contributed by atoms with Gasteiger partial charge in [-0.15, -0.1) is 0 Å². The molecule has 41 heavy (non-hydrogen) atoms. The van der Waals surface area contributed by atoms with Gasteiger partial charge in [0.15, 0.2) is 5.79 Å². The number of carbonyl (C=O) groups is 1. The van der Waals surface area contributed by atoms with E-state index >= 15 is 0 Å². The topological polar surface area (TPSA) is 112 Å². The van der Waals surface area contributed by atoms with Gasteiger partial charge in [-0.2, -0.15) is 4.98 Å². The zero-order valence-electron chi connectivity index (χ0n) is 24.1. The van der Waals surface area contributed by atoms with Gasteiger partial charge < -0.3 is 28.4 Å². The summed E-state index contributed by atoms with van der Waals surface area (Å²) in [4.78, 5) is 18.7. The van der Waals surface area contributed by atoms with E-state index in [4.69, 9.17) is 30.3 Å². The van der Waals surface area contributed by atoms with E-state index in [1.807, 2.05) is 82.6 Å². The molecule has 0 radical (unpaired) electrons. The monoisotopic (exact) mass is 582 g/mol. The minimum atomic E-state index is -1.03. The summed E-state index contributed by atoms with van der Waals surface area (Å²) in [6.45, 7) is 12.4. The fourth-order valence-electron chi connectivity index (χ4n) is 5.42. The largest absolute Gasteiger partial charge is 0.492 e. The number of benzene rings is 2. The maximum atomic E-state index is 12.6. The molecule has 1 fully saturated rings. The van der Waals surface area contributed by atoms with Crippen LogP contribution in [0.4, 0.5) is 4.79 Å². The summed E-state index contributed by atoms with van der Waals surface area (Å²) in [7, 11) is 0. The predicted molar refractivity (Wildman–Crippen MR) is 155 cm³/mol. The third-order valence-corrected chi connectivity index (χ3v) is 7.43. The lowest BCUT2D eigenvalue weighted by atomic mass is 9.91. The van der Waals surface area contributed by atoms with Gasteiger partial charge in [0, 0.05) is 33.8 Å². The number of ether oxygens (including phenoxy) is 3. The lowest BCUT2D eigenvalue weighted by Crippen LogP contribution is -2.68. The first-order valence-electron chi connectivity index (χ1n) is 13.5. The molecule has 1 saturated heterocycles. The Morgan fingerprint density at radius 2 is 1.90 bits per heavy atom. The van der Waals surface area contributed by atoms with Crippen LogP contribution in [0.5, 0.6) is 5.75 Å². The van der Waals surface area contributed by atoms with E-state index < -0.39 is 23.0 Å². The standard InChI is InChI=1S/C30H35ClN4O6/c1-7-38-24-12-11-19(15-22(24)31)26-32-25(33-41-26)21-9-8-10-23-20(21)13-14-34(23)16-30(17-39-29(5,6)40-18-30)35(27(36)37)28(2,3)4/h8-15H,7,16-18H2,1-6H3,(H,36,37). The first-order valence-corrected chi connectivity index (χ1v) is 13.9. The van der Waals surface area contributed by atoms with Crippen LogP contribution in [0.3, 0.4) is 0 Å². The molecule has 3 heterocycles. The van der Waals surface area contributed by atoms with Crippen LogP contribution in [0.1, 0.15) is 41.5 Å². The lowest BCUT2D eigenvalue weighted by Gasteiger charge is -2.52. The van der Waals surface area contributed by atoms with Crippen molar-refractivity contribution in [1.29, 1.82) is 0 Å². The molecule has 5 rings (SSSR count). The first-order chi connectivity index (χ1) is 19.3. The normalized spacial score (nSPS) is 16.6. The van der Waals surface area contributed by atoms with Crippen LogP contribution >= 0.6 is 11.6 Å². The zero-order valence-corrected chi connectivity index (χ0v) is 24.9. The number of amides is 1. The van der Waals surface area contributed by atoms with Crippen molar-refractivity contribution in [3.8, 4) is 28.6 Å². The van der Waals surface area contributed by atoms with Crippen LogP contribution < -0.4 is 4.74 Å². The highest BCUT2D eigenvalue weighted by Gasteiger charge is 2.51. The van der Waals surface area contributed by atoms with E-state index in [0.717, 1.165) is 16.5 Å². The summed E-state index contributed by atoms with van der Waals surface area (Å²) in [5.74, 6) is 0.547. The SMILES string of the molecule is CCOc1ccc(-c2nc(-c3cccc4c3ccn4CC3(N(C(=O)O)C(C)(C)C)COC(C)(C)OC3)no2)cc1Cl. The lowest BCUT2D eigenvalue weighted by molar-refractivity contribution is -0.290. The second kappa shape index (κ2) is 10.7. The van der Waals surface area contributed by atoms with Crippen molar-refractivity contribution in [3.05, 3.63) is 53.7 Å². The van der Waals surface area contributed by atoms with Gasteiger partial charge >= 0.3 is 6.09 Å². The van der Waals surface area contributed by atoms with Gasteiger partial charge in [0.25, 0.3) is 5.89 Å². The zero-order chi connectivity index (χ0) is 29.6. The fourth-order valence-corrected chi connectivity index (χ4v) is 5.66. The van der Waals surface area contributed by atoms with Crippen molar-refractivity contribution >= 4 is 28.6 Å². The second-order valence-electron chi connectivity index (χ2n) is 11.7. The highest BCUT2D eigenvalue weighted by Crippen LogP contribution is 2.37. The molecule has 11 heteroatoms. The predicted octanol–water partition coefficient (Wildman–Crippen LogP) is 6.71. The fraction of sp³-hybridized carbons (Fsp3) is 0.433. The van der Waals surface area contributed by atoms with Crippen molar-refractivity contribution in [2.24, 2.45) is 0 Å². The van der Waals surface area contributed by atoms with Gasteiger partial charge in [-0.05, 0) is 71.9 Å². The average Bonchev–Trinajstić information content (AvgIpc) is 3.54. The van der Waals surface area contributed by atoms with Crippen LogP contribution in [0.2, 0.25) is 5.02 Å². The summed E-state index contributed by atoms with van der Waals surface area (Å²) < 4.78 is 25.2. The van der Waals surface area contributed by atoms with Gasteiger partial charge in [-0.1, -0.05) is 28.9 Å². The molecule has 1 aliphatic heterocycles. The maximum Gasteiger partial charge on any atom is 0.408 e. The molecule has 1 aliphatic rings. The van der Waals surface area contributed by atoms with E-state index in [9.17, 15) is 9.90 Å². The Hall–Kier alpha value is -3.60. The molecule has 0 aliphatic carbocycles. The molecule has 1 N–H and O–H groups in total. The van der Waals surface area contributed by atoms with Gasteiger partial charge in [0.05, 0.1) is 31.4 Å². The Morgan fingerprint density at radius 3 is 2.54 bits per heavy atom. The Bertz CT molecular complexity index is 1560. The molecule has 0 saturated carbocycles. The van der Waals surface area contributed by atoms with E-state index in [2.05, 4.69) is 10.1 Å². The third-order valence-electron chi connectivity index (χ3n) is 7.14. The van der Waals surface area contributed by atoms with E-state index in [1.165, 1.54) is 4.90 Å². The first kappa shape index (κ1) is 28.9. The summed E-state index contributed by atoms with van der Waals surface area (Å²) in [6, 6.07) is 13.1. The molecule has 1 amide bonds. The second-order valence-corrected chi connectivity index (χ2v) is 12.1. The van der Waals surface area contributed by atoms with E-state index in [0.29, 0.717) is 41.2 Å². The average molecular weight is 583 g/mol. The Morgan fingerprint density at radius 1 is 1.17 bits per heavy atom. The Labute approximate surface area is 243 Å². The van der Waals surface area contributed by atoms with Crippen molar-refractivity contribution in [2.45, 2.75) is 65.0 Å². The molecule has 0 spiro atoms. The highest BCUT2D eigenvalue weighted by atomic mass is 35.5. The summed E-state index contributed by atoms with van der Waals surface area (Å²) in [5, 5.41) is 15.9. The Balaban J connectivity index is 1.50. The number of fused-ring (bicyclic) bond motifs is 1. The molecule has 0 unspecified atom stereocenters. The van der Waals surface area contributed by atoms with Crippen molar-refractivity contribution in [2.75, 3.05) is 19.8 Å². The van der Waals surface area contributed by atoms with Crippen LogP contribution in [0, 0.1) is 0 Å². The molecule has 10 nitrogen and oxygen atoms in total. The number of hydrogen-bond donors (Lipinski definition) is 1. The van der Waals surface area contributed by atoms with Gasteiger partial charge in [0.2, 0.25) is 5.82 Å². The van der Waals surface area contributed by atoms with Crippen molar-refractivity contribution < 1.29 is 28.6 Å². The molecular formula is C30H35ClN4O6. The summed E-state index contributed by atoms with van der Waals surface area (Å²) >= 11 is 6.36. The molecule has 218 valence electrons. The summed E-state index contributed by atoms with van der Waals surface area (Å²) in [6.07, 6.45) is 0.904. The summed E-state index contributed by atoms with van der Waals surface area (Å²) in [5.41, 5.74) is 0.694. The van der Waals surface area contributed by atoms with Crippen molar-refractivity contribution in [3.63, 3.8) is 0 Å². The number of hydrogen-bond acceptors (Lipinski definition) is 7. The number of carboxylic acid groups (broad SMARTS) is 1. The number of aromatic nitrogens is 3. The van der Waals surface area contributed by atoms with Gasteiger partial charge in [0.1, 0.15) is 11.3 Å². The number of rotatable bonds is 7.